The van der Waals surface area contributed by atoms with Crippen LogP contribution in [0, 0.1) is 0 Å². The highest BCUT2D eigenvalue weighted by atomic mass is 16.5. The van der Waals surface area contributed by atoms with Crippen LogP contribution in [0.3, 0.4) is 0 Å². The highest BCUT2D eigenvalue weighted by Gasteiger charge is 2.57. The molecule has 1 atom stereocenters. The van der Waals surface area contributed by atoms with Gasteiger partial charge < -0.3 is 9.84 Å². The fourth-order valence-corrected chi connectivity index (χ4v) is 2.19. The molecular formula is C12H9NO4. The minimum absolute atomic E-state index is 0.128. The van der Waals surface area contributed by atoms with Crippen LogP contribution in [0.2, 0.25) is 0 Å². The number of hydrogen-bond donors (Lipinski definition) is 2. The third-order valence-electron chi connectivity index (χ3n) is 3.13. The van der Waals surface area contributed by atoms with Crippen LogP contribution in [0.1, 0.15) is 22.8 Å². The summed E-state index contributed by atoms with van der Waals surface area (Å²) in [4.78, 5) is 23.4. The molecule has 0 fully saturated rings. The first-order chi connectivity index (χ1) is 7.97. The number of phenols is 1. The van der Waals surface area contributed by atoms with E-state index in [1.807, 2.05) is 0 Å². The summed E-state index contributed by atoms with van der Waals surface area (Å²) >= 11 is 0. The first-order valence-electron chi connectivity index (χ1n) is 5.07. The fourth-order valence-electron chi connectivity index (χ4n) is 2.19. The van der Waals surface area contributed by atoms with Crippen LogP contribution in [0.15, 0.2) is 23.8 Å². The normalized spacial score (nSPS) is 24.9. The Hall–Kier alpha value is -2.14. The van der Waals surface area contributed by atoms with Crippen LogP contribution in [0.4, 0.5) is 0 Å². The minimum atomic E-state index is -1.65. The summed E-state index contributed by atoms with van der Waals surface area (Å²) in [5.74, 6) is -0.691. The Balaban J connectivity index is 2.21. The molecule has 0 amide bonds. The van der Waals surface area contributed by atoms with Crippen molar-refractivity contribution in [3.8, 4) is 5.75 Å². The Kier molecular flexibility index (Phi) is 1.63. The van der Waals surface area contributed by atoms with E-state index in [0.29, 0.717) is 11.3 Å². The molecular weight excluding hydrogens is 222 g/mol. The van der Waals surface area contributed by atoms with E-state index >= 15 is 0 Å². The van der Waals surface area contributed by atoms with E-state index in [-0.39, 0.29) is 16.9 Å². The molecule has 1 unspecified atom stereocenters. The van der Waals surface area contributed by atoms with Gasteiger partial charge in [0.25, 0.3) is 5.72 Å². The third-order valence-corrected chi connectivity index (χ3v) is 3.13. The van der Waals surface area contributed by atoms with E-state index in [9.17, 15) is 14.7 Å². The first kappa shape index (κ1) is 10.0. The molecule has 0 bridgehead atoms. The average molecular weight is 231 g/mol. The number of ether oxygens (including phenoxy) is 1. The summed E-state index contributed by atoms with van der Waals surface area (Å²) in [7, 11) is 0. The Morgan fingerprint density at radius 1 is 1.47 bits per heavy atom. The standard InChI is InChI=1S/C12H9NO4/c1-5(14)12(13)9-10(16)8-6(11(9)17-12)3-2-4-7(8)15/h2-4,15H,13H2,1H3. The lowest BCUT2D eigenvalue weighted by Gasteiger charge is -2.37. The number of phenolic OH excluding ortho intramolecular Hbond substituents is 1. The summed E-state index contributed by atoms with van der Waals surface area (Å²) in [6.07, 6.45) is 0. The lowest BCUT2D eigenvalue weighted by molar-refractivity contribution is -0.133. The number of aromatic hydroxyl groups is 1. The number of rotatable bonds is 1. The van der Waals surface area contributed by atoms with E-state index in [2.05, 4.69) is 0 Å². The quantitative estimate of drug-likeness (QED) is 0.737. The predicted molar refractivity (Wildman–Crippen MR) is 58.0 cm³/mol. The van der Waals surface area contributed by atoms with Gasteiger partial charge in [0.2, 0.25) is 5.78 Å². The average Bonchev–Trinajstić information content (AvgIpc) is 2.47. The van der Waals surface area contributed by atoms with Crippen molar-refractivity contribution in [2.75, 3.05) is 0 Å². The number of Topliss-reactive ketones (excluding diaryl/α,β-unsaturated/α-hetero) is 2. The molecule has 1 aromatic rings. The highest BCUT2D eigenvalue weighted by molar-refractivity contribution is 6.27. The fraction of sp³-hybridized carbons (Fsp3) is 0.167. The van der Waals surface area contributed by atoms with Crippen molar-refractivity contribution >= 4 is 17.3 Å². The first-order valence-corrected chi connectivity index (χ1v) is 5.07. The van der Waals surface area contributed by atoms with Gasteiger partial charge >= 0.3 is 0 Å². The van der Waals surface area contributed by atoms with Crippen LogP contribution >= 0.6 is 0 Å². The van der Waals surface area contributed by atoms with Crippen molar-refractivity contribution in [3.05, 3.63) is 34.9 Å². The Morgan fingerprint density at radius 2 is 2.18 bits per heavy atom. The van der Waals surface area contributed by atoms with Crippen LogP contribution in [-0.2, 0) is 9.53 Å². The SMILES string of the molecule is CC(=O)C1(N)OC2=C1C(=O)c1c(O)cccc12. The number of benzene rings is 1. The lowest BCUT2D eigenvalue weighted by Crippen LogP contribution is -2.57. The molecule has 0 spiro atoms. The van der Waals surface area contributed by atoms with E-state index in [1.165, 1.54) is 13.0 Å². The topological polar surface area (TPSA) is 89.6 Å². The molecule has 0 saturated carbocycles. The molecule has 17 heavy (non-hydrogen) atoms. The van der Waals surface area contributed by atoms with Gasteiger partial charge in [-0.3, -0.25) is 15.3 Å². The molecule has 86 valence electrons. The molecule has 0 saturated heterocycles. The molecule has 5 heteroatoms. The van der Waals surface area contributed by atoms with Gasteiger partial charge in [-0.1, -0.05) is 12.1 Å². The predicted octanol–water partition coefficient (Wildman–Crippen LogP) is 0.574. The maximum atomic E-state index is 12.1. The van der Waals surface area contributed by atoms with E-state index < -0.39 is 17.3 Å². The Labute approximate surface area is 96.5 Å². The van der Waals surface area contributed by atoms with Crippen molar-refractivity contribution in [3.63, 3.8) is 0 Å². The second kappa shape index (κ2) is 2.75. The van der Waals surface area contributed by atoms with Gasteiger partial charge in [-0.05, 0) is 6.07 Å². The van der Waals surface area contributed by atoms with Gasteiger partial charge in [-0.2, -0.15) is 0 Å². The van der Waals surface area contributed by atoms with Gasteiger partial charge in [-0.15, -0.1) is 0 Å². The molecule has 5 nitrogen and oxygen atoms in total. The van der Waals surface area contributed by atoms with Crippen molar-refractivity contribution < 1.29 is 19.4 Å². The molecule has 2 aliphatic rings. The van der Waals surface area contributed by atoms with Gasteiger partial charge in [0.1, 0.15) is 17.1 Å². The van der Waals surface area contributed by atoms with Gasteiger partial charge in [0, 0.05) is 12.5 Å². The molecule has 1 heterocycles. The van der Waals surface area contributed by atoms with Gasteiger partial charge in [0.05, 0.1) is 5.56 Å². The molecule has 1 aliphatic carbocycles. The molecule has 0 radical (unpaired) electrons. The van der Waals surface area contributed by atoms with Crippen LogP contribution in [-0.4, -0.2) is 22.4 Å². The molecule has 3 N–H and O–H groups in total. The number of nitrogens with two attached hydrogens (primary N) is 1. The van der Waals surface area contributed by atoms with Crippen LogP contribution in [0.5, 0.6) is 5.75 Å². The highest BCUT2D eigenvalue weighted by Crippen LogP contribution is 2.50. The van der Waals surface area contributed by atoms with E-state index in [0.717, 1.165) is 0 Å². The summed E-state index contributed by atoms with van der Waals surface area (Å²) < 4.78 is 5.24. The zero-order valence-electron chi connectivity index (χ0n) is 8.98. The van der Waals surface area contributed by atoms with E-state index in [4.69, 9.17) is 10.5 Å². The number of ketones is 2. The number of hydrogen-bond acceptors (Lipinski definition) is 5. The van der Waals surface area contributed by atoms with Crippen molar-refractivity contribution in [2.24, 2.45) is 5.73 Å². The number of carbonyl (C=O) groups is 2. The van der Waals surface area contributed by atoms with E-state index in [1.54, 1.807) is 12.1 Å². The Bertz CT molecular complexity index is 617. The minimum Gasteiger partial charge on any atom is -0.507 e. The summed E-state index contributed by atoms with van der Waals surface area (Å²) in [6, 6.07) is 4.66. The van der Waals surface area contributed by atoms with Crippen LogP contribution in [0.25, 0.3) is 5.76 Å². The second-order valence-electron chi connectivity index (χ2n) is 4.13. The summed E-state index contributed by atoms with van der Waals surface area (Å²) in [5, 5.41) is 9.65. The maximum Gasteiger partial charge on any atom is 0.251 e. The molecule has 1 aromatic carbocycles. The smallest absolute Gasteiger partial charge is 0.251 e. The second-order valence-corrected chi connectivity index (χ2v) is 4.13. The third kappa shape index (κ3) is 0.969. The van der Waals surface area contributed by atoms with Crippen molar-refractivity contribution in [1.82, 2.24) is 0 Å². The Morgan fingerprint density at radius 3 is 2.82 bits per heavy atom. The number of fused-ring (bicyclic) bond motifs is 2. The van der Waals surface area contributed by atoms with Crippen molar-refractivity contribution in [2.45, 2.75) is 12.6 Å². The molecule has 1 aliphatic heterocycles. The zero-order chi connectivity index (χ0) is 12.4. The van der Waals surface area contributed by atoms with Crippen molar-refractivity contribution in [1.29, 1.82) is 0 Å². The maximum absolute atomic E-state index is 12.1. The largest absolute Gasteiger partial charge is 0.507 e. The lowest BCUT2D eigenvalue weighted by atomic mass is 9.92. The monoisotopic (exact) mass is 231 g/mol. The van der Waals surface area contributed by atoms with Crippen LogP contribution < -0.4 is 5.73 Å². The molecule has 0 aromatic heterocycles. The van der Waals surface area contributed by atoms with Gasteiger partial charge in [-0.25, -0.2) is 0 Å². The molecule has 3 rings (SSSR count). The summed E-state index contributed by atoms with van der Waals surface area (Å²) in [6.45, 7) is 1.26. The van der Waals surface area contributed by atoms with Gasteiger partial charge in [0.15, 0.2) is 5.78 Å². The summed E-state index contributed by atoms with van der Waals surface area (Å²) in [5.41, 5.74) is 4.86. The number of carbonyl (C=O) groups excluding carboxylic acids is 2. The zero-order valence-corrected chi connectivity index (χ0v) is 8.98.